The smallest absolute Gasteiger partial charge is 0.408 e. The number of hydrogen-bond donors (Lipinski definition) is 2. The number of ether oxygens (including phenoxy) is 1. The standard InChI is InChI=1S/C29H49N3O4/c1-10-12-14-19-32(27(34)24(20(3)4)31-28(35)36-29(7,8)9)25(26(33)30-18-13-11-2)23-17-15-16-21(5)22(23)6/h15-17,20,24-25H,10-14,18-19H2,1-9H3,(H,30,33)(H,31,35). The van der Waals surface area contributed by atoms with Gasteiger partial charge >= 0.3 is 6.09 Å². The van der Waals surface area contributed by atoms with E-state index in [-0.39, 0.29) is 17.7 Å². The van der Waals surface area contributed by atoms with Gasteiger partial charge in [-0.2, -0.15) is 0 Å². The van der Waals surface area contributed by atoms with Crippen LogP contribution < -0.4 is 10.6 Å². The number of hydrogen-bond acceptors (Lipinski definition) is 4. The van der Waals surface area contributed by atoms with Crippen molar-refractivity contribution >= 4 is 17.9 Å². The first kappa shape index (κ1) is 31.5. The van der Waals surface area contributed by atoms with Crippen LogP contribution in [0.3, 0.4) is 0 Å². The van der Waals surface area contributed by atoms with Crippen LogP contribution in [0, 0.1) is 19.8 Å². The van der Waals surface area contributed by atoms with E-state index >= 15 is 0 Å². The van der Waals surface area contributed by atoms with E-state index in [0.717, 1.165) is 48.8 Å². The second-order valence-electron chi connectivity index (χ2n) is 10.9. The Kier molecular flexibility index (Phi) is 13.0. The summed E-state index contributed by atoms with van der Waals surface area (Å²) in [5, 5.41) is 5.83. The molecular weight excluding hydrogens is 454 g/mol. The fraction of sp³-hybridized carbons (Fsp3) is 0.690. The zero-order chi connectivity index (χ0) is 27.5. The number of amides is 3. The third kappa shape index (κ3) is 9.82. The molecule has 1 aromatic rings. The molecule has 0 aliphatic rings. The molecule has 1 rings (SSSR count). The van der Waals surface area contributed by atoms with Crippen molar-refractivity contribution in [3.63, 3.8) is 0 Å². The fourth-order valence-corrected chi connectivity index (χ4v) is 4.03. The molecular formula is C29H49N3O4. The van der Waals surface area contributed by atoms with Gasteiger partial charge < -0.3 is 20.3 Å². The molecule has 2 unspecified atom stereocenters. The Labute approximate surface area is 218 Å². The van der Waals surface area contributed by atoms with Crippen molar-refractivity contribution in [2.24, 2.45) is 5.92 Å². The Morgan fingerprint density at radius 3 is 2.19 bits per heavy atom. The Morgan fingerprint density at radius 2 is 1.64 bits per heavy atom. The van der Waals surface area contributed by atoms with Gasteiger partial charge in [-0.3, -0.25) is 9.59 Å². The summed E-state index contributed by atoms with van der Waals surface area (Å²) in [5.41, 5.74) is 2.18. The Bertz CT molecular complexity index is 861. The van der Waals surface area contributed by atoms with E-state index in [4.69, 9.17) is 4.74 Å². The van der Waals surface area contributed by atoms with Gasteiger partial charge in [-0.05, 0) is 70.1 Å². The quantitative estimate of drug-likeness (QED) is 0.332. The van der Waals surface area contributed by atoms with Gasteiger partial charge in [0.25, 0.3) is 0 Å². The number of nitrogens with one attached hydrogen (secondary N) is 2. The zero-order valence-corrected chi connectivity index (χ0v) is 24.0. The number of unbranched alkanes of at least 4 members (excludes halogenated alkanes) is 3. The van der Waals surface area contributed by atoms with E-state index < -0.39 is 23.8 Å². The molecule has 0 aliphatic carbocycles. The molecule has 0 saturated carbocycles. The van der Waals surface area contributed by atoms with Crippen molar-refractivity contribution in [1.82, 2.24) is 15.5 Å². The maximum atomic E-state index is 14.1. The first-order chi connectivity index (χ1) is 16.8. The van der Waals surface area contributed by atoms with Crippen LogP contribution in [0.5, 0.6) is 0 Å². The lowest BCUT2D eigenvalue weighted by Crippen LogP contribution is -2.55. The first-order valence-electron chi connectivity index (χ1n) is 13.5. The number of alkyl carbamates (subject to hydrolysis) is 1. The molecule has 2 N–H and O–H groups in total. The molecule has 7 heteroatoms. The van der Waals surface area contributed by atoms with Crippen molar-refractivity contribution in [2.75, 3.05) is 13.1 Å². The van der Waals surface area contributed by atoms with Gasteiger partial charge in [-0.25, -0.2) is 4.79 Å². The van der Waals surface area contributed by atoms with Crippen LogP contribution in [0.2, 0.25) is 0 Å². The Morgan fingerprint density at radius 1 is 1.00 bits per heavy atom. The highest BCUT2D eigenvalue weighted by Gasteiger charge is 2.37. The summed E-state index contributed by atoms with van der Waals surface area (Å²) in [7, 11) is 0. The maximum Gasteiger partial charge on any atom is 0.408 e. The van der Waals surface area contributed by atoms with Crippen LogP contribution >= 0.6 is 0 Å². The van der Waals surface area contributed by atoms with Crippen LogP contribution in [0.15, 0.2) is 18.2 Å². The second kappa shape index (κ2) is 14.9. The summed E-state index contributed by atoms with van der Waals surface area (Å²) in [4.78, 5) is 42.0. The minimum atomic E-state index is -0.822. The van der Waals surface area contributed by atoms with Gasteiger partial charge in [-0.1, -0.05) is 65.2 Å². The molecule has 0 aliphatic heterocycles. The topological polar surface area (TPSA) is 87.7 Å². The molecule has 204 valence electrons. The molecule has 2 atom stereocenters. The largest absolute Gasteiger partial charge is 0.444 e. The van der Waals surface area contributed by atoms with Crippen molar-refractivity contribution in [2.45, 2.75) is 112 Å². The average Bonchev–Trinajstić information content (AvgIpc) is 2.77. The number of benzene rings is 1. The van der Waals surface area contributed by atoms with E-state index in [9.17, 15) is 14.4 Å². The third-order valence-corrected chi connectivity index (χ3v) is 6.22. The van der Waals surface area contributed by atoms with Gasteiger partial charge in [0.2, 0.25) is 11.8 Å². The first-order valence-corrected chi connectivity index (χ1v) is 13.5. The Balaban J connectivity index is 3.50. The van der Waals surface area contributed by atoms with E-state index in [0.29, 0.717) is 13.1 Å². The highest BCUT2D eigenvalue weighted by molar-refractivity contribution is 5.92. The van der Waals surface area contributed by atoms with Crippen LogP contribution in [0.4, 0.5) is 4.79 Å². The molecule has 1 aromatic carbocycles. The molecule has 0 heterocycles. The summed E-state index contributed by atoms with van der Waals surface area (Å²) in [6, 6.07) is 4.26. The van der Waals surface area contributed by atoms with Crippen LogP contribution in [-0.4, -0.2) is 47.5 Å². The number of carbonyl (C=O) groups excluding carboxylic acids is 3. The fourth-order valence-electron chi connectivity index (χ4n) is 4.03. The molecule has 0 bridgehead atoms. The minimum Gasteiger partial charge on any atom is -0.444 e. The van der Waals surface area contributed by atoms with E-state index in [1.54, 1.807) is 25.7 Å². The number of rotatable bonds is 13. The van der Waals surface area contributed by atoms with Gasteiger partial charge in [0.15, 0.2) is 0 Å². The van der Waals surface area contributed by atoms with Crippen molar-refractivity contribution in [3.05, 3.63) is 34.9 Å². The number of nitrogens with zero attached hydrogens (tertiary/aromatic N) is 1. The molecule has 0 aromatic heterocycles. The average molecular weight is 504 g/mol. The van der Waals surface area contributed by atoms with Crippen LogP contribution in [-0.2, 0) is 14.3 Å². The maximum absolute atomic E-state index is 14.1. The SMILES string of the molecule is CCCCCN(C(=O)C(NC(=O)OC(C)(C)C)C(C)C)C(C(=O)NCCCC)c1cccc(C)c1C. The molecule has 3 amide bonds. The second-order valence-corrected chi connectivity index (χ2v) is 10.9. The van der Waals surface area contributed by atoms with Gasteiger partial charge in [0, 0.05) is 13.1 Å². The van der Waals surface area contributed by atoms with Gasteiger partial charge in [0.05, 0.1) is 0 Å². The van der Waals surface area contributed by atoms with E-state index in [2.05, 4.69) is 24.5 Å². The van der Waals surface area contributed by atoms with Crippen molar-refractivity contribution in [1.29, 1.82) is 0 Å². The summed E-state index contributed by atoms with van der Waals surface area (Å²) >= 11 is 0. The van der Waals surface area contributed by atoms with Crippen LogP contribution in [0.1, 0.15) is 103 Å². The summed E-state index contributed by atoms with van der Waals surface area (Å²) < 4.78 is 5.44. The zero-order valence-electron chi connectivity index (χ0n) is 24.0. The molecule has 0 spiro atoms. The highest BCUT2D eigenvalue weighted by Crippen LogP contribution is 2.28. The summed E-state index contributed by atoms with van der Waals surface area (Å²) in [6.07, 6.45) is 3.88. The minimum absolute atomic E-state index is 0.193. The monoisotopic (exact) mass is 503 g/mol. The predicted octanol–water partition coefficient (Wildman–Crippen LogP) is 5.83. The summed E-state index contributed by atoms with van der Waals surface area (Å²) in [5.74, 6) is -0.661. The Hall–Kier alpha value is -2.57. The molecule has 0 saturated heterocycles. The molecule has 7 nitrogen and oxygen atoms in total. The lowest BCUT2D eigenvalue weighted by atomic mass is 9.93. The van der Waals surface area contributed by atoms with E-state index in [1.165, 1.54) is 0 Å². The van der Waals surface area contributed by atoms with Crippen molar-refractivity contribution < 1.29 is 19.1 Å². The number of carbonyl (C=O) groups is 3. The predicted molar refractivity (Wildman–Crippen MR) is 146 cm³/mol. The summed E-state index contributed by atoms with van der Waals surface area (Å²) in [6.45, 7) is 18.3. The molecule has 0 fully saturated rings. The van der Waals surface area contributed by atoms with Crippen molar-refractivity contribution in [3.8, 4) is 0 Å². The van der Waals surface area contributed by atoms with Gasteiger partial charge in [0.1, 0.15) is 17.7 Å². The van der Waals surface area contributed by atoms with Crippen LogP contribution in [0.25, 0.3) is 0 Å². The van der Waals surface area contributed by atoms with Gasteiger partial charge in [-0.15, -0.1) is 0 Å². The number of aryl methyl sites for hydroxylation is 1. The third-order valence-electron chi connectivity index (χ3n) is 6.22. The molecule has 0 radical (unpaired) electrons. The normalized spacial score (nSPS) is 13.2. The molecule has 36 heavy (non-hydrogen) atoms. The van der Waals surface area contributed by atoms with E-state index in [1.807, 2.05) is 45.9 Å². The lowest BCUT2D eigenvalue weighted by molar-refractivity contribution is -0.143. The highest BCUT2D eigenvalue weighted by atomic mass is 16.6. The lowest BCUT2D eigenvalue weighted by Gasteiger charge is -2.36.